The van der Waals surface area contributed by atoms with E-state index in [2.05, 4.69) is 10.1 Å². The van der Waals surface area contributed by atoms with Crippen LogP contribution in [0.3, 0.4) is 0 Å². The lowest BCUT2D eigenvalue weighted by molar-refractivity contribution is -0.153. The second kappa shape index (κ2) is 7.75. The molecule has 0 spiro atoms. The van der Waals surface area contributed by atoms with Crippen LogP contribution >= 0.6 is 11.6 Å². The van der Waals surface area contributed by atoms with Crippen LogP contribution in [0.4, 0.5) is 18.9 Å². The van der Waals surface area contributed by atoms with E-state index in [1.54, 1.807) is 18.2 Å². The van der Waals surface area contributed by atoms with Gasteiger partial charge in [-0.1, -0.05) is 23.7 Å². The third-order valence-electron chi connectivity index (χ3n) is 3.51. The number of rotatable bonds is 6. The third-order valence-corrected chi connectivity index (χ3v) is 4.94. The van der Waals surface area contributed by atoms with Crippen molar-refractivity contribution >= 4 is 27.1 Å². The van der Waals surface area contributed by atoms with Crippen LogP contribution < -0.4 is 10.1 Å². The van der Waals surface area contributed by atoms with E-state index in [1.165, 1.54) is 24.3 Å². The largest absolute Gasteiger partial charge is 0.483 e. The summed E-state index contributed by atoms with van der Waals surface area (Å²) in [5.74, 6) is -0.0558. The van der Waals surface area contributed by atoms with Gasteiger partial charge in [-0.15, -0.1) is 0 Å². The molecule has 9 heteroatoms. The summed E-state index contributed by atoms with van der Waals surface area (Å²) < 4.78 is 64.2. The molecule has 2 aromatic carbocycles. The number of benzene rings is 2. The number of hydrogen-bond acceptors (Lipinski definition) is 4. The lowest BCUT2D eigenvalue weighted by Crippen LogP contribution is -2.19. The molecule has 1 N–H and O–H groups in total. The molecule has 2 rings (SSSR count). The van der Waals surface area contributed by atoms with E-state index < -0.39 is 22.6 Å². The highest BCUT2D eigenvalue weighted by molar-refractivity contribution is 7.90. The van der Waals surface area contributed by atoms with Crippen LogP contribution in [-0.4, -0.2) is 27.5 Å². The average Bonchev–Trinajstić information content (AvgIpc) is 2.52. The summed E-state index contributed by atoms with van der Waals surface area (Å²) in [5, 5.41) is 3.20. The zero-order chi connectivity index (χ0) is 19.5. The predicted molar refractivity (Wildman–Crippen MR) is 94.6 cm³/mol. The number of hydrogen-bond donors (Lipinski definition) is 1. The first-order valence-electron chi connectivity index (χ1n) is 7.51. The highest BCUT2D eigenvalue weighted by atomic mass is 35.5. The van der Waals surface area contributed by atoms with Crippen molar-refractivity contribution in [2.24, 2.45) is 0 Å². The molecule has 0 radical (unpaired) electrons. The van der Waals surface area contributed by atoms with Gasteiger partial charge in [0, 0.05) is 18.0 Å². The van der Waals surface area contributed by atoms with Crippen LogP contribution in [0.1, 0.15) is 18.5 Å². The Labute approximate surface area is 154 Å². The van der Waals surface area contributed by atoms with Gasteiger partial charge in [0.2, 0.25) is 0 Å². The molecule has 0 aromatic heterocycles. The number of halogens is 4. The molecule has 0 saturated carbocycles. The summed E-state index contributed by atoms with van der Waals surface area (Å²) in [6.45, 7) is 0.444. The fraction of sp³-hybridized carbons (Fsp3) is 0.294. The van der Waals surface area contributed by atoms with Gasteiger partial charge in [-0.05, 0) is 42.8 Å². The van der Waals surface area contributed by atoms with Crippen molar-refractivity contribution < 1.29 is 26.3 Å². The molecule has 0 heterocycles. The van der Waals surface area contributed by atoms with Gasteiger partial charge in [0.15, 0.2) is 16.4 Å². The minimum atomic E-state index is -4.44. The predicted octanol–water partition coefficient (Wildman–Crippen LogP) is 4.86. The van der Waals surface area contributed by atoms with Gasteiger partial charge in [0.25, 0.3) is 0 Å². The van der Waals surface area contributed by atoms with Crippen molar-refractivity contribution in [3.05, 3.63) is 53.1 Å². The summed E-state index contributed by atoms with van der Waals surface area (Å²) >= 11 is 5.96. The minimum Gasteiger partial charge on any atom is -0.483 e. The van der Waals surface area contributed by atoms with Gasteiger partial charge in [-0.2, -0.15) is 13.2 Å². The summed E-state index contributed by atoms with van der Waals surface area (Å²) in [5.41, 5.74) is 1.43. The summed E-state index contributed by atoms with van der Waals surface area (Å²) in [6, 6.07) is 10.6. The van der Waals surface area contributed by atoms with Crippen molar-refractivity contribution in [3.8, 4) is 5.75 Å². The first kappa shape index (κ1) is 20.4. The summed E-state index contributed by atoms with van der Waals surface area (Å²) in [7, 11) is -3.26. The molecule has 1 atom stereocenters. The van der Waals surface area contributed by atoms with Crippen LogP contribution in [-0.2, 0) is 9.84 Å². The van der Waals surface area contributed by atoms with Gasteiger partial charge in [0.05, 0.1) is 9.92 Å². The fourth-order valence-corrected chi connectivity index (χ4v) is 3.07. The standard InChI is InChI=1S/C17H17ClF3NO3S/c1-11(12-3-6-14(7-4-12)26(2,23)24)22-13-5-8-16(15(18)9-13)25-10-17(19,20)21/h3-9,11,22H,10H2,1-2H3. The topological polar surface area (TPSA) is 55.4 Å². The maximum Gasteiger partial charge on any atom is 0.422 e. The number of nitrogens with one attached hydrogen (secondary N) is 1. The van der Waals surface area contributed by atoms with Crippen LogP contribution in [0.5, 0.6) is 5.75 Å². The zero-order valence-corrected chi connectivity index (χ0v) is 15.5. The van der Waals surface area contributed by atoms with Crippen molar-refractivity contribution in [1.82, 2.24) is 0 Å². The first-order chi connectivity index (χ1) is 12.0. The zero-order valence-electron chi connectivity index (χ0n) is 14.0. The normalized spacial score (nSPS) is 13.3. The van der Waals surface area contributed by atoms with Gasteiger partial charge in [-0.3, -0.25) is 0 Å². The second-order valence-electron chi connectivity index (χ2n) is 5.76. The van der Waals surface area contributed by atoms with Gasteiger partial charge in [-0.25, -0.2) is 8.42 Å². The molecule has 0 aliphatic carbocycles. The Morgan fingerprint density at radius 3 is 2.27 bits per heavy atom. The molecule has 2 aromatic rings. The number of sulfone groups is 1. The van der Waals surface area contributed by atoms with E-state index in [0.29, 0.717) is 5.69 Å². The van der Waals surface area contributed by atoms with Gasteiger partial charge >= 0.3 is 6.18 Å². The molecular formula is C17H17ClF3NO3S. The Morgan fingerprint density at radius 1 is 1.15 bits per heavy atom. The Hall–Kier alpha value is -1.93. The molecule has 142 valence electrons. The summed E-state index contributed by atoms with van der Waals surface area (Å²) in [4.78, 5) is 0.225. The van der Waals surface area contributed by atoms with Crippen LogP contribution in [0.2, 0.25) is 5.02 Å². The fourth-order valence-electron chi connectivity index (χ4n) is 2.20. The van der Waals surface area contributed by atoms with Crippen molar-refractivity contribution in [1.29, 1.82) is 0 Å². The van der Waals surface area contributed by atoms with E-state index in [0.717, 1.165) is 11.8 Å². The number of ether oxygens (including phenoxy) is 1. The monoisotopic (exact) mass is 407 g/mol. The maximum atomic E-state index is 12.2. The van der Waals surface area contributed by atoms with E-state index in [4.69, 9.17) is 11.6 Å². The lowest BCUT2D eigenvalue weighted by Gasteiger charge is -2.17. The third kappa shape index (κ3) is 5.81. The Morgan fingerprint density at radius 2 is 1.77 bits per heavy atom. The van der Waals surface area contributed by atoms with Crippen molar-refractivity contribution in [2.75, 3.05) is 18.2 Å². The van der Waals surface area contributed by atoms with Crippen molar-refractivity contribution in [3.63, 3.8) is 0 Å². The minimum absolute atomic E-state index is 0.0545. The highest BCUT2D eigenvalue weighted by Crippen LogP contribution is 2.31. The molecule has 1 unspecified atom stereocenters. The lowest BCUT2D eigenvalue weighted by atomic mass is 10.1. The Balaban J connectivity index is 2.07. The van der Waals surface area contributed by atoms with Crippen LogP contribution in [0.25, 0.3) is 0 Å². The van der Waals surface area contributed by atoms with Gasteiger partial charge in [0.1, 0.15) is 5.75 Å². The van der Waals surface area contributed by atoms with E-state index in [-0.39, 0.29) is 21.7 Å². The molecule has 4 nitrogen and oxygen atoms in total. The number of anilines is 1. The van der Waals surface area contributed by atoms with Crippen LogP contribution in [0.15, 0.2) is 47.4 Å². The Bertz CT molecular complexity index is 868. The number of alkyl halides is 3. The molecule has 0 saturated heterocycles. The van der Waals surface area contributed by atoms with Gasteiger partial charge < -0.3 is 10.1 Å². The Kier molecular flexibility index (Phi) is 6.08. The second-order valence-corrected chi connectivity index (χ2v) is 8.18. The van der Waals surface area contributed by atoms with Crippen LogP contribution in [0, 0.1) is 0 Å². The molecule has 0 aliphatic heterocycles. The smallest absolute Gasteiger partial charge is 0.422 e. The molecule has 0 fully saturated rings. The molecule has 0 aliphatic rings. The SMILES string of the molecule is CC(Nc1ccc(OCC(F)(F)F)c(Cl)c1)c1ccc(S(C)(=O)=O)cc1. The van der Waals surface area contributed by atoms with E-state index >= 15 is 0 Å². The average molecular weight is 408 g/mol. The maximum absolute atomic E-state index is 12.2. The van der Waals surface area contributed by atoms with E-state index in [1.807, 2.05) is 6.92 Å². The molecule has 0 amide bonds. The highest BCUT2D eigenvalue weighted by Gasteiger charge is 2.28. The summed E-state index contributed by atoms with van der Waals surface area (Å²) in [6.07, 6.45) is -3.30. The molecule has 0 bridgehead atoms. The van der Waals surface area contributed by atoms with Crippen molar-refractivity contribution in [2.45, 2.75) is 24.0 Å². The first-order valence-corrected chi connectivity index (χ1v) is 9.78. The molecule has 26 heavy (non-hydrogen) atoms. The quantitative estimate of drug-likeness (QED) is 0.743. The molecular weight excluding hydrogens is 391 g/mol. The van der Waals surface area contributed by atoms with E-state index in [9.17, 15) is 21.6 Å².